The number of aromatic carboxylic acids is 2. The molecule has 144 valence electrons. The normalized spacial score (nSPS) is 11.2. The molecule has 0 radical (unpaired) electrons. The number of carboxylic acids is 2. The number of hydrogen-bond donors (Lipinski definition) is 3. The summed E-state index contributed by atoms with van der Waals surface area (Å²) in [5.74, 6) is -2.87. The first-order valence-electron chi connectivity index (χ1n) is 7.71. The molecule has 1 heterocycles. The summed E-state index contributed by atoms with van der Waals surface area (Å²) >= 11 is 1.34. The van der Waals surface area contributed by atoms with Crippen molar-refractivity contribution in [1.29, 1.82) is 0 Å². The van der Waals surface area contributed by atoms with Crippen LogP contribution in [0.3, 0.4) is 0 Å². The average Bonchev–Trinajstić information content (AvgIpc) is 3.07. The molecular formula is C17H13N3O6S2. The Hall–Kier alpha value is -3.31. The number of aromatic nitrogens is 2. The lowest BCUT2D eigenvalue weighted by atomic mass is 10.1. The van der Waals surface area contributed by atoms with Crippen molar-refractivity contribution in [3.05, 3.63) is 58.6 Å². The van der Waals surface area contributed by atoms with Gasteiger partial charge in [-0.25, -0.2) is 18.0 Å². The Bertz CT molecular complexity index is 1150. The van der Waals surface area contributed by atoms with Crippen LogP contribution in [0.2, 0.25) is 0 Å². The summed E-state index contributed by atoms with van der Waals surface area (Å²) in [5.41, 5.74) is -0.0315. The number of nitrogens with zero attached hydrogens (tertiary/aromatic N) is 2. The monoisotopic (exact) mass is 419 g/mol. The predicted octanol–water partition coefficient (Wildman–Crippen LogP) is 2.71. The van der Waals surface area contributed by atoms with Gasteiger partial charge in [0.15, 0.2) is 0 Å². The molecule has 0 spiro atoms. The van der Waals surface area contributed by atoms with Gasteiger partial charge in [0, 0.05) is 11.3 Å². The van der Waals surface area contributed by atoms with Crippen molar-refractivity contribution in [2.45, 2.75) is 11.8 Å². The number of sulfonamides is 1. The maximum atomic E-state index is 12.7. The van der Waals surface area contributed by atoms with Crippen LogP contribution >= 0.6 is 11.3 Å². The average molecular weight is 419 g/mol. The topological polar surface area (TPSA) is 147 Å². The van der Waals surface area contributed by atoms with Crippen molar-refractivity contribution in [3.63, 3.8) is 0 Å². The van der Waals surface area contributed by atoms with Crippen LogP contribution in [0.4, 0.5) is 5.69 Å². The number of benzene rings is 2. The number of carboxylic acid groups (broad SMARTS) is 2. The molecule has 28 heavy (non-hydrogen) atoms. The molecular weight excluding hydrogens is 406 g/mol. The van der Waals surface area contributed by atoms with Crippen LogP contribution in [0.25, 0.3) is 10.6 Å². The van der Waals surface area contributed by atoms with Crippen molar-refractivity contribution < 1.29 is 28.2 Å². The van der Waals surface area contributed by atoms with Gasteiger partial charge in [-0.05, 0) is 37.3 Å². The van der Waals surface area contributed by atoms with Gasteiger partial charge < -0.3 is 10.2 Å². The van der Waals surface area contributed by atoms with Crippen LogP contribution in [0.1, 0.15) is 25.7 Å². The summed E-state index contributed by atoms with van der Waals surface area (Å²) in [6.45, 7) is 1.79. The molecule has 0 saturated carbocycles. The highest BCUT2D eigenvalue weighted by Crippen LogP contribution is 2.27. The first-order valence-corrected chi connectivity index (χ1v) is 10.0. The lowest BCUT2D eigenvalue weighted by Gasteiger charge is -2.10. The SMILES string of the molecule is Cc1nnc(-c2cccc(NS(=O)(=O)c3cc(C(=O)O)cc(C(=O)O)c3)c2)s1. The van der Waals surface area contributed by atoms with Crippen LogP contribution in [0.5, 0.6) is 0 Å². The van der Waals surface area contributed by atoms with E-state index in [0.717, 1.165) is 23.2 Å². The van der Waals surface area contributed by atoms with E-state index in [1.54, 1.807) is 25.1 Å². The lowest BCUT2D eigenvalue weighted by Crippen LogP contribution is -2.15. The minimum atomic E-state index is -4.23. The molecule has 0 aliphatic rings. The molecule has 0 aliphatic carbocycles. The third-order valence-corrected chi connectivity index (χ3v) is 5.85. The molecule has 3 rings (SSSR count). The summed E-state index contributed by atoms with van der Waals surface area (Å²) < 4.78 is 27.7. The van der Waals surface area contributed by atoms with Gasteiger partial charge >= 0.3 is 11.9 Å². The number of nitrogens with one attached hydrogen (secondary N) is 1. The smallest absolute Gasteiger partial charge is 0.335 e. The van der Waals surface area contributed by atoms with Crippen molar-refractivity contribution in [1.82, 2.24) is 10.2 Å². The summed E-state index contributed by atoms with van der Waals surface area (Å²) in [7, 11) is -4.23. The Labute approximate surface area is 163 Å². The highest BCUT2D eigenvalue weighted by atomic mass is 32.2. The van der Waals surface area contributed by atoms with E-state index in [4.69, 9.17) is 10.2 Å². The molecule has 3 aromatic rings. The zero-order valence-corrected chi connectivity index (χ0v) is 15.9. The van der Waals surface area contributed by atoms with Crippen LogP contribution in [0, 0.1) is 6.92 Å². The molecule has 0 atom stereocenters. The molecule has 2 aromatic carbocycles. The van der Waals surface area contributed by atoms with Gasteiger partial charge in [-0.1, -0.05) is 23.5 Å². The van der Waals surface area contributed by atoms with Crippen molar-refractivity contribution >= 4 is 39.0 Å². The fraction of sp³-hybridized carbons (Fsp3) is 0.0588. The van der Waals surface area contributed by atoms with Crippen LogP contribution < -0.4 is 4.72 Å². The van der Waals surface area contributed by atoms with Crippen LogP contribution in [0.15, 0.2) is 47.4 Å². The van der Waals surface area contributed by atoms with Crippen LogP contribution in [-0.2, 0) is 10.0 Å². The summed E-state index contributed by atoms with van der Waals surface area (Å²) in [5, 5.41) is 27.5. The molecule has 11 heteroatoms. The molecule has 0 bridgehead atoms. The van der Waals surface area contributed by atoms with E-state index < -0.39 is 38.0 Å². The Morgan fingerprint density at radius 3 is 2.18 bits per heavy atom. The van der Waals surface area contributed by atoms with E-state index in [9.17, 15) is 18.0 Å². The van der Waals surface area contributed by atoms with Gasteiger partial charge in [0.1, 0.15) is 10.0 Å². The molecule has 0 unspecified atom stereocenters. The number of anilines is 1. The fourth-order valence-electron chi connectivity index (χ4n) is 2.34. The number of aryl methyl sites for hydroxylation is 1. The predicted molar refractivity (Wildman–Crippen MR) is 101 cm³/mol. The Kier molecular flexibility index (Phi) is 5.12. The van der Waals surface area contributed by atoms with Crippen molar-refractivity contribution in [2.75, 3.05) is 4.72 Å². The first-order chi connectivity index (χ1) is 13.2. The minimum absolute atomic E-state index is 0.211. The number of rotatable bonds is 6. The lowest BCUT2D eigenvalue weighted by molar-refractivity contribution is 0.0696. The molecule has 1 aromatic heterocycles. The molecule has 0 aliphatic heterocycles. The number of hydrogen-bond acceptors (Lipinski definition) is 7. The van der Waals surface area contributed by atoms with E-state index in [1.165, 1.54) is 17.4 Å². The Balaban J connectivity index is 1.98. The van der Waals surface area contributed by atoms with Gasteiger partial charge in [-0.3, -0.25) is 4.72 Å². The summed E-state index contributed by atoms with van der Waals surface area (Å²) in [6, 6.07) is 9.11. The van der Waals surface area contributed by atoms with Gasteiger partial charge in [-0.15, -0.1) is 10.2 Å². The largest absolute Gasteiger partial charge is 0.478 e. The zero-order chi connectivity index (χ0) is 20.5. The van der Waals surface area contributed by atoms with E-state index in [0.29, 0.717) is 10.6 Å². The third kappa shape index (κ3) is 4.15. The fourth-order valence-corrected chi connectivity index (χ4v) is 4.15. The molecule has 0 saturated heterocycles. The molecule has 0 amide bonds. The third-order valence-electron chi connectivity index (χ3n) is 3.60. The van der Waals surface area contributed by atoms with E-state index in [1.807, 2.05) is 0 Å². The quantitative estimate of drug-likeness (QED) is 0.553. The highest BCUT2D eigenvalue weighted by molar-refractivity contribution is 7.92. The van der Waals surface area contributed by atoms with Crippen molar-refractivity contribution in [3.8, 4) is 10.6 Å². The molecule has 0 fully saturated rings. The van der Waals surface area contributed by atoms with Crippen LogP contribution in [-0.4, -0.2) is 40.8 Å². The maximum absolute atomic E-state index is 12.7. The highest BCUT2D eigenvalue weighted by Gasteiger charge is 2.20. The second-order valence-electron chi connectivity index (χ2n) is 5.67. The minimum Gasteiger partial charge on any atom is -0.478 e. The molecule has 3 N–H and O–H groups in total. The first kappa shape index (κ1) is 19.5. The second kappa shape index (κ2) is 7.37. The van der Waals surface area contributed by atoms with Gasteiger partial charge in [0.05, 0.1) is 16.0 Å². The van der Waals surface area contributed by atoms with E-state index >= 15 is 0 Å². The van der Waals surface area contributed by atoms with E-state index in [2.05, 4.69) is 14.9 Å². The second-order valence-corrected chi connectivity index (χ2v) is 8.53. The summed E-state index contributed by atoms with van der Waals surface area (Å²) in [6.07, 6.45) is 0. The zero-order valence-electron chi connectivity index (χ0n) is 14.3. The van der Waals surface area contributed by atoms with E-state index in [-0.39, 0.29) is 5.69 Å². The molecule has 9 nitrogen and oxygen atoms in total. The van der Waals surface area contributed by atoms with Gasteiger partial charge in [0.2, 0.25) is 0 Å². The Morgan fingerprint density at radius 1 is 1.00 bits per heavy atom. The summed E-state index contributed by atoms with van der Waals surface area (Å²) in [4.78, 5) is 21.9. The maximum Gasteiger partial charge on any atom is 0.335 e. The standard InChI is InChI=1S/C17H13N3O6S2/c1-9-18-19-15(27-9)10-3-2-4-13(6-10)20-28(25,26)14-7-11(16(21)22)5-12(8-14)17(23)24/h2-8,20H,1H3,(H,21,22)(H,23,24). The van der Waals surface area contributed by atoms with Crippen molar-refractivity contribution in [2.24, 2.45) is 0 Å². The van der Waals surface area contributed by atoms with Gasteiger partial charge in [-0.2, -0.15) is 0 Å². The Morgan fingerprint density at radius 2 is 1.64 bits per heavy atom. The number of carbonyl (C=O) groups is 2. The van der Waals surface area contributed by atoms with Gasteiger partial charge in [0.25, 0.3) is 10.0 Å².